The zero-order valence-electron chi connectivity index (χ0n) is 2.33. The van der Waals surface area contributed by atoms with E-state index in [1.165, 1.54) is 0 Å². The summed E-state index contributed by atoms with van der Waals surface area (Å²) < 4.78 is 0. The summed E-state index contributed by atoms with van der Waals surface area (Å²) in [4.78, 5) is 0. The standard InChI is InChI=1S/C2H5O.Ag/c1-2-3;/h2-3H,1H3;/q-1;+1. The number of aliphatic hydroxyl groups excluding tert-OH is 1. The number of rotatable bonds is 0. The van der Waals surface area contributed by atoms with E-state index in [9.17, 15) is 0 Å². The molecule has 4 heavy (non-hydrogen) atoms. The fourth-order valence-corrected chi connectivity index (χ4v) is 0. The van der Waals surface area contributed by atoms with Crippen molar-refractivity contribution in [3.05, 3.63) is 6.61 Å². The quantitative estimate of drug-likeness (QED) is 0.397. The van der Waals surface area contributed by atoms with Crippen LogP contribution in [0.5, 0.6) is 0 Å². The van der Waals surface area contributed by atoms with E-state index < -0.39 is 0 Å². The summed E-state index contributed by atoms with van der Waals surface area (Å²) in [5, 5.41) is 7.44. The molecular formula is C2H5AgO. The third kappa shape index (κ3) is 15.9. The second kappa shape index (κ2) is 9.33. The van der Waals surface area contributed by atoms with Crippen LogP contribution in [0.4, 0.5) is 0 Å². The molecule has 0 aliphatic carbocycles. The van der Waals surface area contributed by atoms with Crippen LogP contribution in [0.15, 0.2) is 0 Å². The molecule has 0 aromatic rings. The van der Waals surface area contributed by atoms with Gasteiger partial charge in [0.1, 0.15) is 0 Å². The summed E-state index contributed by atoms with van der Waals surface area (Å²) in [5.41, 5.74) is 0. The van der Waals surface area contributed by atoms with Gasteiger partial charge >= 0.3 is 22.4 Å². The predicted octanol–water partition coefficient (Wildman–Crippen LogP) is 0.538. The van der Waals surface area contributed by atoms with Gasteiger partial charge < -0.3 is 5.11 Å². The van der Waals surface area contributed by atoms with Crippen molar-refractivity contribution in [2.24, 2.45) is 0 Å². The molecule has 0 atom stereocenters. The zero-order chi connectivity index (χ0) is 2.71. The van der Waals surface area contributed by atoms with Crippen molar-refractivity contribution in [1.29, 1.82) is 0 Å². The maximum Gasteiger partial charge on any atom is 1.00 e. The second-order valence-corrected chi connectivity index (χ2v) is 0.258. The SMILES string of the molecule is C[CH-]O.[Ag+]. The van der Waals surface area contributed by atoms with E-state index in [4.69, 9.17) is 5.11 Å². The molecule has 0 aromatic heterocycles. The van der Waals surface area contributed by atoms with E-state index >= 15 is 0 Å². The molecule has 0 rings (SSSR count). The van der Waals surface area contributed by atoms with Crippen LogP contribution in [-0.4, -0.2) is 5.11 Å². The van der Waals surface area contributed by atoms with Crippen LogP contribution < -0.4 is 0 Å². The van der Waals surface area contributed by atoms with Crippen molar-refractivity contribution in [2.45, 2.75) is 6.92 Å². The molecular weight excluding hydrogens is 148 g/mol. The van der Waals surface area contributed by atoms with Crippen LogP contribution in [0.2, 0.25) is 0 Å². The van der Waals surface area contributed by atoms with Gasteiger partial charge in [-0.1, -0.05) is 0 Å². The Kier molecular flexibility index (Phi) is 20.6. The van der Waals surface area contributed by atoms with Crippen LogP contribution in [0.25, 0.3) is 0 Å². The van der Waals surface area contributed by atoms with E-state index in [-0.39, 0.29) is 22.4 Å². The maximum atomic E-state index is 7.44. The van der Waals surface area contributed by atoms with E-state index in [2.05, 4.69) is 0 Å². The largest absolute Gasteiger partial charge is 1.00 e. The van der Waals surface area contributed by atoms with E-state index in [0.29, 0.717) is 0 Å². The Morgan fingerprint density at radius 1 is 1.75 bits per heavy atom. The molecule has 0 aliphatic heterocycles. The minimum absolute atomic E-state index is 0. The average molecular weight is 153 g/mol. The van der Waals surface area contributed by atoms with Crippen LogP contribution in [0.3, 0.4) is 0 Å². The van der Waals surface area contributed by atoms with Gasteiger partial charge in [-0.3, -0.25) is 0 Å². The smallest absolute Gasteiger partial charge is 0.566 e. The molecule has 0 amide bonds. The van der Waals surface area contributed by atoms with E-state index in [1.807, 2.05) is 0 Å². The minimum Gasteiger partial charge on any atom is -0.566 e. The van der Waals surface area contributed by atoms with Gasteiger partial charge in [0.15, 0.2) is 0 Å². The molecule has 0 spiro atoms. The molecule has 2 heteroatoms. The van der Waals surface area contributed by atoms with Crippen molar-refractivity contribution >= 4 is 0 Å². The van der Waals surface area contributed by atoms with E-state index in [1.54, 1.807) is 6.92 Å². The van der Waals surface area contributed by atoms with Crippen molar-refractivity contribution in [3.63, 3.8) is 0 Å². The molecule has 30 valence electrons. The fourth-order valence-electron chi connectivity index (χ4n) is 0. The number of hydrogen-bond donors (Lipinski definition) is 1. The third-order valence-corrected chi connectivity index (χ3v) is 0. The Balaban J connectivity index is 0. The first kappa shape index (κ1) is 8.83. The molecule has 1 nitrogen and oxygen atoms in total. The molecule has 0 fully saturated rings. The van der Waals surface area contributed by atoms with Crippen LogP contribution in [0, 0.1) is 6.61 Å². The van der Waals surface area contributed by atoms with Crippen LogP contribution in [-0.2, 0) is 22.4 Å². The summed E-state index contributed by atoms with van der Waals surface area (Å²) in [6.45, 7) is 2.56. The molecule has 1 N–H and O–H groups in total. The predicted molar refractivity (Wildman–Crippen MR) is 11.9 cm³/mol. The van der Waals surface area contributed by atoms with Gasteiger partial charge in [-0.25, -0.2) is 6.61 Å². The maximum absolute atomic E-state index is 7.44. The zero-order valence-corrected chi connectivity index (χ0v) is 3.81. The topological polar surface area (TPSA) is 20.2 Å². The summed E-state index contributed by atoms with van der Waals surface area (Å²) in [7, 11) is 0. The van der Waals surface area contributed by atoms with Gasteiger partial charge in [0.25, 0.3) is 0 Å². The Morgan fingerprint density at radius 2 is 1.75 bits per heavy atom. The molecule has 0 aromatic carbocycles. The van der Waals surface area contributed by atoms with Crippen molar-refractivity contribution < 1.29 is 27.5 Å². The number of aliphatic hydroxyl groups is 1. The molecule has 0 unspecified atom stereocenters. The fraction of sp³-hybridized carbons (Fsp3) is 0.500. The number of hydrogen-bond acceptors (Lipinski definition) is 1. The average Bonchev–Trinajstić information content (AvgIpc) is 0.918. The summed E-state index contributed by atoms with van der Waals surface area (Å²) in [5.74, 6) is 0. The first-order valence-electron chi connectivity index (χ1n) is 0.836. The van der Waals surface area contributed by atoms with E-state index in [0.717, 1.165) is 6.61 Å². The second-order valence-electron chi connectivity index (χ2n) is 0.258. The summed E-state index contributed by atoms with van der Waals surface area (Å²) in [6.07, 6.45) is 0. The minimum atomic E-state index is 0. The molecule has 0 saturated heterocycles. The Hall–Kier alpha value is 0.700. The summed E-state index contributed by atoms with van der Waals surface area (Å²) >= 11 is 0. The Morgan fingerprint density at radius 3 is 1.75 bits per heavy atom. The first-order chi connectivity index (χ1) is 1.41. The van der Waals surface area contributed by atoms with Crippen molar-refractivity contribution in [1.82, 2.24) is 0 Å². The van der Waals surface area contributed by atoms with Gasteiger partial charge in [0, 0.05) is 0 Å². The molecule has 0 bridgehead atoms. The first-order valence-corrected chi connectivity index (χ1v) is 0.836. The molecule has 0 saturated carbocycles. The van der Waals surface area contributed by atoms with Crippen molar-refractivity contribution in [2.75, 3.05) is 0 Å². The Bertz CT molecular complexity index is 6.00. The normalized spacial score (nSPS) is 4.50. The van der Waals surface area contributed by atoms with Gasteiger partial charge in [-0.05, 0) is 0 Å². The van der Waals surface area contributed by atoms with Crippen LogP contribution >= 0.6 is 0 Å². The summed E-state index contributed by atoms with van der Waals surface area (Å²) in [6, 6.07) is 0. The van der Waals surface area contributed by atoms with Gasteiger partial charge in [-0.15, -0.1) is 0 Å². The third-order valence-electron chi connectivity index (χ3n) is 0. The molecule has 0 radical (unpaired) electrons. The Labute approximate surface area is 41.5 Å². The van der Waals surface area contributed by atoms with Gasteiger partial charge in [-0.2, -0.15) is 6.92 Å². The van der Waals surface area contributed by atoms with Gasteiger partial charge in [0.05, 0.1) is 0 Å². The monoisotopic (exact) mass is 152 g/mol. The molecule has 0 aliphatic rings. The van der Waals surface area contributed by atoms with Gasteiger partial charge in [0.2, 0.25) is 0 Å². The molecule has 0 heterocycles. The van der Waals surface area contributed by atoms with Crippen molar-refractivity contribution in [3.8, 4) is 0 Å². The van der Waals surface area contributed by atoms with Crippen LogP contribution in [0.1, 0.15) is 6.92 Å².